The molecule has 0 aliphatic carbocycles. The number of nitro groups is 1. The van der Waals surface area contributed by atoms with Crippen molar-refractivity contribution in [2.75, 3.05) is 0 Å². The molecular formula is C17H9Cl2F3N2O5. The summed E-state index contributed by atoms with van der Waals surface area (Å²) in [7, 11) is 0. The third-order valence-corrected chi connectivity index (χ3v) is 4.71. The van der Waals surface area contributed by atoms with Crippen LogP contribution < -0.4 is 0 Å². The number of oxime groups is 1. The maximum atomic E-state index is 14.0. The zero-order valence-corrected chi connectivity index (χ0v) is 15.5. The van der Waals surface area contributed by atoms with Crippen molar-refractivity contribution < 1.29 is 32.8 Å². The van der Waals surface area contributed by atoms with Crippen LogP contribution in [0.1, 0.15) is 27.9 Å². The Morgan fingerprint density at radius 2 is 1.83 bits per heavy atom. The van der Waals surface area contributed by atoms with Crippen molar-refractivity contribution in [3.63, 3.8) is 0 Å². The van der Waals surface area contributed by atoms with Crippen LogP contribution in [0.2, 0.25) is 10.0 Å². The number of nitrogens with zero attached hydrogens (tertiary/aromatic N) is 2. The second-order valence-corrected chi connectivity index (χ2v) is 6.96. The highest BCUT2D eigenvalue weighted by Gasteiger charge is 2.62. The molecule has 152 valence electrons. The van der Waals surface area contributed by atoms with E-state index in [1.807, 2.05) is 0 Å². The van der Waals surface area contributed by atoms with Gasteiger partial charge >= 0.3 is 12.1 Å². The van der Waals surface area contributed by atoms with Crippen molar-refractivity contribution in [3.8, 4) is 0 Å². The van der Waals surface area contributed by atoms with E-state index in [-0.39, 0.29) is 21.3 Å². The molecule has 7 nitrogen and oxygen atoms in total. The Morgan fingerprint density at radius 3 is 2.34 bits per heavy atom. The van der Waals surface area contributed by atoms with Crippen molar-refractivity contribution in [3.05, 3.63) is 73.2 Å². The Kier molecular flexibility index (Phi) is 5.18. The minimum atomic E-state index is -5.03. The molecule has 1 unspecified atom stereocenters. The standard InChI is InChI=1S/C17H9Cl2F3N2O5/c18-10-3-8(4-11(19)6-10)13-7-16(29-23-13,17(20,21)22)9-1-2-12(15(25)26)14(5-9)24(27)28/h1-6H,7H2,(H,25,26). The topological polar surface area (TPSA) is 102 Å². The highest BCUT2D eigenvalue weighted by atomic mass is 35.5. The number of rotatable bonds is 4. The van der Waals surface area contributed by atoms with Crippen molar-refractivity contribution >= 4 is 40.6 Å². The molecule has 29 heavy (non-hydrogen) atoms. The summed E-state index contributed by atoms with van der Waals surface area (Å²) in [5.74, 6) is -1.65. The summed E-state index contributed by atoms with van der Waals surface area (Å²) in [5.41, 5.74) is -5.40. The van der Waals surface area contributed by atoms with Gasteiger partial charge in [-0.15, -0.1) is 0 Å². The van der Waals surface area contributed by atoms with Crippen molar-refractivity contribution in [2.24, 2.45) is 5.16 Å². The molecule has 1 aliphatic rings. The van der Waals surface area contributed by atoms with Gasteiger partial charge in [-0.2, -0.15) is 13.2 Å². The van der Waals surface area contributed by atoms with Gasteiger partial charge in [0, 0.05) is 33.7 Å². The predicted molar refractivity (Wildman–Crippen MR) is 96.5 cm³/mol. The van der Waals surface area contributed by atoms with Crippen LogP contribution in [0, 0.1) is 10.1 Å². The Bertz CT molecular complexity index is 1040. The summed E-state index contributed by atoms with van der Waals surface area (Å²) < 4.78 is 42.0. The molecule has 1 N–H and O–H groups in total. The van der Waals surface area contributed by atoms with Gasteiger partial charge in [0.15, 0.2) is 0 Å². The molecule has 0 amide bonds. The number of carboxylic acid groups (broad SMARTS) is 1. The van der Waals surface area contributed by atoms with Crippen molar-refractivity contribution in [1.29, 1.82) is 0 Å². The van der Waals surface area contributed by atoms with Crippen LogP contribution in [0.15, 0.2) is 41.6 Å². The monoisotopic (exact) mass is 448 g/mol. The first-order chi connectivity index (χ1) is 13.4. The van der Waals surface area contributed by atoms with E-state index in [0.717, 1.165) is 12.1 Å². The number of aromatic carboxylic acids is 1. The van der Waals surface area contributed by atoms with E-state index in [0.29, 0.717) is 6.07 Å². The molecule has 2 aromatic rings. The summed E-state index contributed by atoms with van der Waals surface area (Å²) >= 11 is 11.8. The first-order valence-corrected chi connectivity index (χ1v) is 8.50. The lowest BCUT2D eigenvalue weighted by molar-refractivity contribution is -0.385. The maximum Gasteiger partial charge on any atom is 0.435 e. The molecule has 1 heterocycles. The Hall–Kier alpha value is -2.85. The first kappa shape index (κ1) is 20.9. The van der Waals surface area contributed by atoms with Crippen LogP contribution >= 0.6 is 23.2 Å². The molecule has 3 rings (SSSR count). The normalized spacial score (nSPS) is 18.9. The van der Waals surface area contributed by atoms with Crippen LogP contribution in [0.25, 0.3) is 0 Å². The third kappa shape index (κ3) is 3.73. The molecule has 1 aliphatic heterocycles. The second-order valence-electron chi connectivity index (χ2n) is 6.08. The molecule has 12 heteroatoms. The number of benzene rings is 2. The van der Waals surface area contributed by atoms with E-state index in [4.69, 9.17) is 33.1 Å². The second kappa shape index (κ2) is 7.20. The predicted octanol–water partition coefficient (Wildman–Crippen LogP) is 5.18. The summed E-state index contributed by atoms with van der Waals surface area (Å²) in [6.07, 6.45) is -5.85. The van der Waals surface area contributed by atoms with Crippen LogP contribution in [-0.4, -0.2) is 27.9 Å². The maximum absolute atomic E-state index is 14.0. The number of alkyl halides is 3. The Morgan fingerprint density at radius 1 is 1.21 bits per heavy atom. The molecule has 0 saturated carbocycles. The lowest BCUT2D eigenvalue weighted by Crippen LogP contribution is -2.42. The minimum Gasteiger partial charge on any atom is -0.477 e. The van der Waals surface area contributed by atoms with Crippen LogP contribution in [0.4, 0.5) is 18.9 Å². The van der Waals surface area contributed by atoms with Crippen LogP contribution in [-0.2, 0) is 10.4 Å². The van der Waals surface area contributed by atoms with E-state index in [1.165, 1.54) is 18.2 Å². The molecular weight excluding hydrogens is 440 g/mol. The van der Waals surface area contributed by atoms with E-state index in [9.17, 15) is 28.1 Å². The highest BCUT2D eigenvalue weighted by Crippen LogP contribution is 2.49. The zero-order valence-electron chi connectivity index (χ0n) is 14.0. The minimum absolute atomic E-state index is 0.128. The summed E-state index contributed by atoms with van der Waals surface area (Å²) in [5, 5.41) is 24.0. The summed E-state index contributed by atoms with van der Waals surface area (Å²) in [6, 6.07) is 6.14. The third-order valence-electron chi connectivity index (χ3n) is 4.27. The fourth-order valence-corrected chi connectivity index (χ4v) is 3.42. The Labute approximate surface area is 170 Å². The molecule has 0 bridgehead atoms. The lowest BCUT2D eigenvalue weighted by atomic mass is 9.85. The van der Waals surface area contributed by atoms with E-state index < -0.39 is 45.9 Å². The SMILES string of the molecule is O=C(O)c1ccc(C2(C(F)(F)F)CC(c3cc(Cl)cc(Cl)c3)=NO2)cc1[N+](=O)[O-]. The van der Waals surface area contributed by atoms with Gasteiger partial charge in [0.25, 0.3) is 11.3 Å². The van der Waals surface area contributed by atoms with Gasteiger partial charge < -0.3 is 9.94 Å². The fourth-order valence-electron chi connectivity index (χ4n) is 2.89. The molecule has 1 atom stereocenters. The van der Waals surface area contributed by atoms with Gasteiger partial charge in [-0.1, -0.05) is 34.4 Å². The molecule has 0 radical (unpaired) electrons. The van der Waals surface area contributed by atoms with Gasteiger partial charge in [-0.05, 0) is 24.3 Å². The molecule has 0 spiro atoms. The number of hydrogen-bond acceptors (Lipinski definition) is 5. The summed E-state index contributed by atoms with van der Waals surface area (Å²) in [4.78, 5) is 26.0. The van der Waals surface area contributed by atoms with Crippen LogP contribution in [0.3, 0.4) is 0 Å². The number of nitro benzene ring substituents is 1. The van der Waals surface area contributed by atoms with Gasteiger partial charge in [-0.25, -0.2) is 4.79 Å². The van der Waals surface area contributed by atoms with Gasteiger partial charge in [-0.3, -0.25) is 10.1 Å². The molecule has 0 saturated heterocycles. The van der Waals surface area contributed by atoms with Crippen molar-refractivity contribution in [2.45, 2.75) is 18.2 Å². The average Bonchev–Trinajstić information content (AvgIpc) is 3.07. The van der Waals surface area contributed by atoms with E-state index in [1.54, 1.807) is 0 Å². The lowest BCUT2D eigenvalue weighted by Gasteiger charge is -2.29. The van der Waals surface area contributed by atoms with Crippen molar-refractivity contribution in [1.82, 2.24) is 0 Å². The Balaban J connectivity index is 2.10. The van der Waals surface area contributed by atoms with Gasteiger partial charge in [0.2, 0.25) is 0 Å². The van der Waals surface area contributed by atoms with E-state index in [2.05, 4.69) is 5.16 Å². The number of carboxylic acids is 1. The smallest absolute Gasteiger partial charge is 0.435 e. The number of hydrogen-bond donors (Lipinski definition) is 1. The largest absolute Gasteiger partial charge is 0.477 e. The first-order valence-electron chi connectivity index (χ1n) is 7.75. The molecule has 0 fully saturated rings. The average molecular weight is 449 g/mol. The molecule has 0 aromatic heterocycles. The number of halogens is 5. The molecule has 2 aromatic carbocycles. The number of carbonyl (C=O) groups is 1. The zero-order chi connectivity index (χ0) is 21.6. The quantitative estimate of drug-likeness (QED) is 0.512. The van der Waals surface area contributed by atoms with Gasteiger partial charge in [0.1, 0.15) is 5.56 Å². The fraction of sp³-hybridized carbons (Fsp3) is 0.176. The van der Waals surface area contributed by atoms with E-state index >= 15 is 0 Å². The van der Waals surface area contributed by atoms with Crippen LogP contribution in [0.5, 0.6) is 0 Å². The highest BCUT2D eigenvalue weighted by molar-refractivity contribution is 6.35. The summed E-state index contributed by atoms with van der Waals surface area (Å²) in [6.45, 7) is 0. The van der Waals surface area contributed by atoms with Gasteiger partial charge in [0.05, 0.1) is 10.6 Å².